The Morgan fingerprint density at radius 1 is 1.22 bits per heavy atom. The van der Waals surface area contributed by atoms with E-state index in [-0.39, 0.29) is 17.6 Å². The minimum atomic E-state index is -0.341. The third-order valence-electron chi connectivity index (χ3n) is 3.23. The van der Waals surface area contributed by atoms with Gasteiger partial charge in [0.25, 0.3) is 5.91 Å². The zero-order valence-electron chi connectivity index (χ0n) is 12.4. The van der Waals surface area contributed by atoms with E-state index >= 15 is 0 Å². The van der Waals surface area contributed by atoms with E-state index in [2.05, 4.69) is 34.5 Å². The molecule has 0 fully saturated rings. The topological polar surface area (TPSA) is 69.6 Å². The summed E-state index contributed by atoms with van der Waals surface area (Å²) in [7, 11) is 1.63. The molecule has 2 rings (SSSR count). The number of rotatable bonds is 4. The second-order valence-electron chi connectivity index (χ2n) is 4.76. The van der Waals surface area contributed by atoms with Gasteiger partial charge in [0.2, 0.25) is 5.91 Å². The number of phenolic OH excluding ortho intramolecular Hbond substituents is 1. The Morgan fingerprint density at radius 3 is 2.48 bits per heavy atom. The van der Waals surface area contributed by atoms with Crippen molar-refractivity contribution in [2.24, 2.45) is 0 Å². The molecule has 0 spiro atoms. The van der Waals surface area contributed by atoms with Crippen LogP contribution >= 0.6 is 22.6 Å². The van der Waals surface area contributed by atoms with Crippen molar-refractivity contribution in [3.63, 3.8) is 0 Å². The fraction of sp³-hybridized carbons (Fsp3) is 0.0588. The number of amides is 2. The molecule has 0 atom stereocenters. The van der Waals surface area contributed by atoms with Crippen LogP contribution in [0.3, 0.4) is 0 Å². The number of likely N-dealkylation sites (N-methyl/N-ethyl adjacent to an activating group) is 1. The molecule has 0 aromatic heterocycles. The number of nitrogens with one attached hydrogen (secondary N) is 1. The molecule has 0 bridgehead atoms. The van der Waals surface area contributed by atoms with E-state index in [0.29, 0.717) is 16.9 Å². The Kier molecular flexibility index (Phi) is 5.38. The maximum Gasteiger partial charge on any atom is 0.255 e. The van der Waals surface area contributed by atoms with E-state index in [9.17, 15) is 14.7 Å². The number of hydrogen-bond acceptors (Lipinski definition) is 3. The van der Waals surface area contributed by atoms with Gasteiger partial charge in [-0.1, -0.05) is 6.58 Å². The number of phenols is 1. The first-order chi connectivity index (χ1) is 10.9. The molecule has 23 heavy (non-hydrogen) atoms. The molecule has 2 N–H and O–H groups in total. The summed E-state index contributed by atoms with van der Waals surface area (Å²) in [6.45, 7) is 3.44. The molecule has 0 saturated heterocycles. The van der Waals surface area contributed by atoms with Crippen LogP contribution in [0.15, 0.2) is 55.1 Å². The second-order valence-corrected chi connectivity index (χ2v) is 6.01. The van der Waals surface area contributed by atoms with Crippen molar-refractivity contribution >= 4 is 45.8 Å². The van der Waals surface area contributed by atoms with Gasteiger partial charge < -0.3 is 15.3 Å². The van der Waals surface area contributed by atoms with Gasteiger partial charge >= 0.3 is 0 Å². The molecule has 2 aromatic rings. The Balaban J connectivity index is 2.16. The number of carbonyl (C=O) groups excluding carboxylic acids is 2. The van der Waals surface area contributed by atoms with Gasteiger partial charge in [-0.2, -0.15) is 0 Å². The largest absolute Gasteiger partial charge is 0.506 e. The molecular formula is C17H15IN2O3. The SMILES string of the molecule is C=CC(=O)N(C)c1ccc(C(=O)Nc2cc(I)ccc2O)cc1. The Morgan fingerprint density at radius 2 is 1.87 bits per heavy atom. The molecule has 118 valence electrons. The molecule has 5 nitrogen and oxygen atoms in total. The van der Waals surface area contributed by atoms with E-state index in [0.717, 1.165) is 3.57 Å². The van der Waals surface area contributed by atoms with Gasteiger partial charge in [0, 0.05) is 21.9 Å². The van der Waals surface area contributed by atoms with Crippen molar-refractivity contribution in [2.45, 2.75) is 0 Å². The molecule has 0 saturated carbocycles. The van der Waals surface area contributed by atoms with Crippen LogP contribution < -0.4 is 10.2 Å². The minimum Gasteiger partial charge on any atom is -0.506 e. The number of halogens is 1. The Bertz CT molecular complexity index is 757. The molecule has 0 aliphatic carbocycles. The number of anilines is 2. The number of nitrogens with zero attached hydrogens (tertiary/aromatic N) is 1. The predicted molar refractivity (Wildman–Crippen MR) is 98.8 cm³/mol. The lowest BCUT2D eigenvalue weighted by Gasteiger charge is -2.15. The molecule has 2 amide bonds. The number of aromatic hydroxyl groups is 1. The van der Waals surface area contributed by atoms with Gasteiger partial charge in [-0.25, -0.2) is 0 Å². The van der Waals surface area contributed by atoms with Gasteiger partial charge in [0.15, 0.2) is 0 Å². The summed E-state index contributed by atoms with van der Waals surface area (Å²) < 4.78 is 0.899. The number of hydrogen-bond donors (Lipinski definition) is 2. The normalized spacial score (nSPS) is 10.0. The third-order valence-corrected chi connectivity index (χ3v) is 3.90. The summed E-state index contributed by atoms with van der Waals surface area (Å²) in [6, 6.07) is 11.5. The van der Waals surface area contributed by atoms with Crippen LogP contribution in [-0.2, 0) is 4.79 Å². The van der Waals surface area contributed by atoms with Gasteiger partial charge in [-0.05, 0) is 71.1 Å². The summed E-state index contributed by atoms with van der Waals surface area (Å²) in [6.07, 6.45) is 1.22. The number of carbonyl (C=O) groups is 2. The highest BCUT2D eigenvalue weighted by Gasteiger charge is 2.11. The van der Waals surface area contributed by atoms with Gasteiger partial charge in [-0.3, -0.25) is 9.59 Å². The van der Waals surface area contributed by atoms with Crippen LogP contribution in [0.25, 0.3) is 0 Å². The highest BCUT2D eigenvalue weighted by Crippen LogP contribution is 2.25. The van der Waals surface area contributed by atoms with Crippen LogP contribution in [0, 0.1) is 3.57 Å². The first-order valence-corrected chi connectivity index (χ1v) is 7.80. The van der Waals surface area contributed by atoms with Crippen LogP contribution in [0.2, 0.25) is 0 Å². The van der Waals surface area contributed by atoms with Crippen molar-refractivity contribution in [2.75, 3.05) is 17.3 Å². The average Bonchev–Trinajstić information content (AvgIpc) is 2.56. The fourth-order valence-corrected chi connectivity index (χ4v) is 2.39. The molecule has 0 aliphatic rings. The molecule has 0 aliphatic heterocycles. The average molecular weight is 422 g/mol. The van der Waals surface area contributed by atoms with E-state index in [1.807, 2.05) is 0 Å². The van der Waals surface area contributed by atoms with Crippen molar-refractivity contribution < 1.29 is 14.7 Å². The summed E-state index contributed by atoms with van der Waals surface area (Å²) in [5.41, 5.74) is 1.43. The molecular weight excluding hydrogens is 407 g/mol. The van der Waals surface area contributed by atoms with E-state index in [1.54, 1.807) is 43.4 Å². The molecule has 0 radical (unpaired) electrons. The van der Waals surface area contributed by atoms with Crippen molar-refractivity contribution in [3.8, 4) is 5.75 Å². The quantitative estimate of drug-likeness (QED) is 0.451. The first kappa shape index (κ1) is 17.0. The van der Waals surface area contributed by atoms with E-state index < -0.39 is 0 Å². The highest BCUT2D eigenvalue weighted by molar-refractivity contribution is 14.1. The summed E-state index contributed by atoms with van der Waals surface area (Å²) >= 11 is 2.10. The summed E-state index contributed by atoms with van der Waals surface area (Å²) in [4.78, 5) is 25.2. The highest BCUT2D eigenvalue weighted by atomic mass is 127. The standard InChI is InChI=1S/C17H15IN2O3/c1-3-16(22)20(2)13-7-4-11(5-8-13)17(23)19-14-10-12(18)6-9-15(14)21/h3-10,21H,1H2,2H3,(H,19,23). The van der Waals surface area contributed by atoms with Crippen LogP contribution in [-0.4, -0.2) is 24.0 Å². The lowest BCUT2D eigenvalue weighted by molar-refractivity contribution is -0.113. The van der Waals surface area contributed by atoms with Crippen LogP contribution in [0.4, 0.5) is 11.4 Å². The van der Waals surface area contributed by atoms with Crippen molar-refractivity contribution in [3.05, 3.63) is 64.3 Å². The zero-order valence-corrected chi connectivity index (χ0v) is 14.6. The fourth-order valence-electron chi connectivity index (χ4n) is 1.90. The van der Waals surface area contributed by atoms with Gasteiger partial charge in [0.05, 0.1) is 5.69 Å². The smallest absolute Gasteiger partial charge is 0.255 e. The monoisotopic (exact) mass is 422 g/mol. The summed E-state index contributed by atoms with van der Waals surface area (Å²) in [5, 5.41) is 12.4. The first-order valence-electron chi connectivity index (χ1n) is 6.72. The Labute approximate surface area is 147 Å². The molecule has 0 heterocycles. The predicted octanol–water partition coefficient (Wildman–Crippen LogP) is 3.40. The Hall–Kier alpha value is -2.35. The molecule has 6 heteroatoms. The van der Waals surface area contributed by atoms with Gasteiger partial charge in [0.1, 0.15) is 5.75 Å². The lowest BCUT2D eigenvalue weighted by Crippen LogP contribution is -2.23. The number of benzene rings is 2. The van der Waals surface area contributed by atoms with Crippen LogP contribution in [0.1, 0.15) is 10.4 Å². The molecule has 0 unspecified atom stereocenters. The van der Waals surface area contributed by atoms with Gasteiger partial charge in [-0.15, -0.1) is 0 Å². The zero-order chi connectivity index (χ0) is 17.0. The lowest BCUT2D eigenvalue weighted by atomic mass is 10.1. The maximum absolute atomic E-state index is 12.2. The van der Waals surface area contributed by atoms with E-state index in [1.165, 1.54) is 17.0 Å². The van der Waals surface area contributed by atoms with Crippen molar-refractivity contribution in [1.82, 2.24) is 0 Å². The molecule has 2 aromatic carbocycles. The van der Waals surface area contributed by atoms with Crippen molar-refractivity contribution in [1.29, 1.82) is 0 Å². The van der Waals surface area contributed by atoms with Crippen LogP contribution in [0.5, 0.6) is 5.75 Å². The second kappa shape index (κ2) is 7.28. The van der Waals surface area contributed by atoms with E-state index in [4.69, 9.17) is 0 Å². The maximum atomic E-state index is 12.2. The third kappa shape index (κ3) is 4.10. The minimum absolute atomic E-state index is 0.00620. The summed E-state index contributed by atoms with van der Waals surface area (Å²) in [5.74, 6) is -0.566.